The van der Waals surface area contributed by atoms with Crippen LogP contribution in [0.3, 0.4) is 0 Å². The Morgan fingerprint density at radius 3 is 2.38 bits per heavy atom. The predicted octanol–water partition coefficient (Wildman–Crippen LogP) is 2.52. The van der Waals surface area contributed by atoms with E-state index in [2.05, 4.69) is 26.0 Å². The van der Waals surface area contributed by atoms with Gasteiger partial charge in [0, 0.05) is 11.0 Å². The van der Waals surface area contributed by atoms with E-state index in [1.54, 1.807) is 12.1 Å². The van der Waals surface area contributed by atoms with Crippen molar-refractivity contribution in [3.63, 3.8) is 0 Å². The lowest BCUT2D eigenvalue weighted by atomic mass is 10.0. The summed E-state index contributed by atoms with van der Waals surface area (Å²) >= 11 is 3.42. The van der Waals surface area contributed by atoms with Crippen molar-refractivity contribution >= 4 is 27.9 Å². The summed E-state index contributed by atoms with van der Waals surface area (Å²) in [5, 5.41) is 3.17. The van der Waals surface area contributed by atoms with Crippen molar-refractivity contribution in [2.24, 2.45) is 5.92 Å². The number of ether oxygens (including phenoxy) is 2. The number of benzene rings is 1. The van der Waals surface area contributed by atoms with E-state index < -0.39 is 0 Å². The second kappa shape index (κ2) is 8.14. The first kappa shape index (κ1) is 17.7. The van der Waals surface area contributed by atoms with Crippen molar-refractivity contribution in [1.82, 2.24) is 5.32 Å². The first-order valence-corrected chi connectivity index (χ1v) is 7.38. The summed E-state index contributed by atoms with van der Waals surface area (Å²) in [6.07, 6.45) is 0. The van der Waals surface area contributed by atoms with Gasteiger partial charge in [-0.2, -0.15) is 0 Å². The number of rotatable bonds is 6. The Balaban J connectivity index is 2.79. The van der Waals surface area contributed by atoms with Crippen LogP contribution >= 0.6 is 15.9 Å². The van der Waals surface area contributed by atoms with E-state index in [4.69, 9.17) is 4.74 Å². The smallest absolute Gasteiger partial charge is 0.337 e. The van der Waals surface area contributed by atoms with Crippen LogP contribution in [-0.2, 0) is 20.8 Å². The fourth-order valence-electron chi connectivity index (χ4n) is 1.87. The number of nitrogens with one attached hydrogen (secondary N) is 1. The molecule has 0 aromatic heterocycles. The highest BCUT2D eigenvalue weighted by atomic mass is 79.9. The predicted molar refractivity (Wildman–Crippen MR) is 83.0 cm³/mol. The third kappa shape index (κ3) is 4.82. The molecule has 0 fully saturated rings. The minimum absolute atomic E-state index is 0.116. The molecular weight excluding hydrogens is 338 g/mol. The minimum Gasteiger partial charge on any atom is -0.468 e. The fraction of sp³-hybridized carbons (Fsp3) is 0.467. The molecule has 116 valence electrons. The van der Waals surface area contributed by atoms with E-state index in [1.807, 2.05) is 19.9 Å². The van der Waals surface area contributed by atoms with E-state index >= 15 is 0 Å². The Labute approximate surface area is 133 Å². The molecule has 0 saturated carbocycles. The average Bonchev–Trinajstić information content (AvgIpc) is 2.47. The van der Waals surface area contributed by atoms with E-state index in [0.717, 1.165) is 10.0 Å². The van der Waals surface area contributed by atoms with Crippen molar-refractivity contribution in [2.75, 3.05) is 14.2 Å². The molecule has 0 aliphatic carbocycles. The maximum atomic E-state index is 11.7. The Bertz CT molecular complexity index is 516. The molecule has 21 heavy (non-hydrogen) atoms. The van der Waals surface area contributed by atoms with Crippen LogP contribution in [0.1, 0.15) is 29.8 Å². The molecule has 1 unspecified atom stereocenters. The summed E-state index contributed by atoms with van der Waals surface area (Å²) in [4.78, 5) is 23.1. The van der Waals surface area contributed by atoms with Gasteiger partial charge in [0.25, 0.3) is 0 Å². The lowest BCUT2D eigenvalue weighted by molar-refractivity contribution is -0.144. The fourth-order valence-corrected chi connectivity index (χ4v) is 2.39. The molecule has 1 atom stereocenters. The van der Waals surface area contributed by atoms with Crippen molar-refractivity contribution < 1.29 is 19.1 Å². The third-order valence-corrected chi connectivity index (χ3v) is 3.85. The summed E-state index contributed by atoms with van der Waals surface area (Å²) < 4.78 is 10.2. The molecule has 5 nitrogen and oxygen atoms in total. The standard InChI is InChI=1S/C15H20BrNO4/c1-9(2)13(15(19)21-4)17-8-11-6-5-10(7-12(11)16)14(18)20-3/h5-7,9,13,17H,8H2,1-4H3. The van der Waals surface area contributed by atoms with E-state index in [-0.39, 0.29) is 23.9 Å². The molecule has 6 heteroatoms. The van der Waals surface area contributed by atoms with Gasteiger partial charge in [0.2, 0.25) is 0 Å². The van der Waals surface area contributed by atoms with Crippen LogP contribution in [-0.4, -0.2) is 32.2 Å². The van der Waals surface area contributed by atoms with Gasteiger partial charge in [0.05, 0.1) is 19.8 Å². The van der Waals surface area contributed by atoms with Crippen LogP contribution in [0.2, 0.25) is 0 Å². The summed E-state index contributed by atoms with van der Waals surface area (Å²) in [5.74, 6) is -0.553. The first-order chi connectivity index (χ1) is 9.90. The van der Waals surface area contributed by atoms with Gasteiger partial charge in [-0.05, 0) is 23.6 Å². The Morgan fingerprint density at radius 1 is 1.24 bits per heavy atom. The first-order valence-electron chi connectivity index (χ1n) is 6.58. The van der Waals surface area contributed by atoms with Crippen LogP contribution in [0.4, 0.5) is 0 Å². The molecule has 0 bridgehead atoms. The average molecular weight is 358 g/mol. The van der Waals surface area contributed by atoms with Crippen molar-refractivity contribution in [3.05, 3.63) is 33.8 Å². The van der Waals surface area contributed by atoms with Crippen LogP contribution in [0.15, 0.2) is 22.7 Å². The summed E-state index contributed by atoms with van der Waals surface area (Å²) in [7, 11) is 2.72. The second-order valence-corrected chi connectivity index (χ2v) is 5.78. The molecule has 0 heterocycles. The molecule has 1 aromatic carbocycles. The lowest BCUT2D eigenvalue weighted by Gasteiger charge is -2.20. The molecule has 0 radical (unpaired) electrons. The lowest BCUT2D eigenvalue weighted by Crippen LogP contribution is -2.41. The highest BCUT2D eigenvalue weighted by Gasteiger charge is 2.22. The molecule has 0 saturated heterocycles. The number of carbonyl (C=O) groups excluding carboxylic acids is 2. The zero-order chi connectivity index (χ0) is 16.0. The Morgan fingerprint density at radius 2 is 1.90 bits per heavy atom. The molecule has 0 aliphatic heterocycles. The Kier molecular flexibility index (Phi) is 6.84. The maximum absolute atomic E-state index is 11.7. The number of esters is 2. The van der Waals surface area contributed by atoms with Gasteiger partial charge in [-0.15, -0.1) is 0 Å². The highest BCUT2D eigenvalue weighted by Crippen LogP contribution is 2.19. The van der Waals surface area contributed by atoms with Crippen molar-refractivity contribution in [3.8, 4) is 0 Å². The number of hydrogen-bond acceptors (Lipinski definition) is 5. The molecule has 1 aromatic rings. The number of halogens is 1. The van der Waals surface area contributed by atoms with Gasteiger partial charge in [-0.25, -0.2) is 4.79 Å². The highest BCUT2D eigenvalue weighted by molar-refractivity contribution is 9.10. The van der Waals surface area contributed by atoms with Crippen molar-refractivity contribution in [1.29, 1.82) is 0 Å². The van der Waals surface area contributed by atoms with Gasteiger partial charge in [0.1, 0.15) is 6.04 Å². The second-order valence-electron chi connectivity index (χ2n) is 4.92. The van der Waals surface area contributed by atoms with E-state index in [0.29, 0.717) is 12.1 Å². The minimum atomic E-state index is -0.384. The summed E-state index contributed by atoms with van der Waals surface area (Å²) in [6.45, 7) is 4.38. The number of methoxy groups -OCH3 is 2. The topological polar surface area (TPSA) is 64.6 Å². The number of carbonyl (C=O) groups is 2. The molecule has 0 spiro atoms. The largest absolute Gasteiger partial charge is 0.468 e. The molecular formula is C15H20BrNO4. The van der Waals surface area contributed by atoms with Gasteiger partial charge >= 0.3 is 11.9 Å². The monoisotopic (exact) mass is 357 g/mol. The van der Waals surface area contributed by atoms with E-state index in [1.165, 1.54) is 14.2 Å². The van der Waals surface area contributed by atoms with E-state index in [9.17, 15) is 9.59 Å². The zero-order valence-electron chi connectivity index (χ0n) is 12.6. The van der Waals surface area contributed by atoms with Gasteiger partial charge < -0.3 is 14.8 Å². The van der Waals surface area contributed by atoms with Gasteiger partial charge in [-0.3, -0.25) is 4.79 Å². The zero-order valence-corrected chi connectivity index (χ0v) is 14.2. The van der Waals surface area contributed by atoms with Crippen LogP contribution < -0.4 is 5.32 Å². The molecule has 1 rings (SSSR count). The third-order valence-electron chi connectivity index (χ3n) is 3.11. The van der Waals surface area contributed by atoms with Crippen LogP contribution in [0.25, 0.3) is 0 Å². The van der Waals surface area contributed by atoms with Crippen LogP contribution in [0, 0.1) is 5.92 Å². The van der Waals surface area contributed by atoms with Crippen molar-refractivity contribution in [2.45, 2.75) is 26.4 Å². The SMILES string of the molecule is COC(=O)c1ccc(CNC(C(=O)OC)C(C)C)c(Br)c1. The Hall–Kier alpha value is -1.40. The summed E-state index contributed by atoms with van der Waals surface area (Å²) in [5.41, 5.74) is 1.42. The van der Waals surface area contributed by atoms with Gasteiger partial charge in [-0.1, -0.05) is 35.8 Å². The molecule has 1 N–H and O–H groups in total. The van der Waals surface area contributed by atoms with Gasteiger partial charge in [0.15, 0.2) is 0 Å². The van der Waals surface area contributed by atoms with Crippen LogP contribution in [0.5, 0.6) is 0 Å². The molecule has 0 amide bonds. The maximum Gasteiger partial charge on any atom is 0.337 e. The quantitative estimate of drug-likeness (QED) is 0.792. The summed E-state index contributed by atoms with van der Waals surface area (Å²) in [6, 6.07) is 4.83. The molecule has 0 aliphatic rings. The normalized spacial score (nSPS) is 12.1. The number of hydrogen-bond donors (Lipinski definition) is 1.